The van der Waals surface area contributed by atoms with Crippen molar-refractivity contribution in [3.8, 4) is 0 Å². The van der Waals surface area contributed by atoms with E-state index in [9.17, 15) is 18.0 Å². The van der Waals surface area contributed by atoms with Gasteiger partial charge in [-0.15, -0.1) is 0 Å². The second-order valence-corrected chi connectivity index (χ2v) is 6.06. The van der Waals surface area contributed by atoms with E-state index < -0.39 is 12.1 Å². The van der Waals surface area contributed by atoms with Gasteiger partial charge in [-0.25, -0.2) is 4.79 Å². The van der Waals surface area contributed by atoms with Crippen LogP contribution in [0.3, 0.4) is 0 Å². The van der Waals surface area contributed by atoms with E-state index in [-0.39, 0.29) is 6.04 Å². The van der Waals surface area contributed by atoms with Crippen LogP contribution in [-0.4, -0.2) is 53.2 Å². The van der Waals surface area contributed by atoms with Gasteiger partial charge in [-0.05, 0) is 32.6 Å². The van der Waals surface area contributed by atoms with Crippen molar-refractivity contribution in [3.63, 3.8) is 0 Å². The number of amides is 1. The highest BCUT2D eigenvalue weighted by molar-refractivity contribution is 5.81. The lowest BCUT2D eigenvalue weighted by Gasteiger charge is -2.28. The van der Waals surface area contributed by atoms with Gasteiger partial charge in [-0.1, -0.05) is 19.3 Å². The molecule has 0 radical (unpaired) electrons. The molecule has 5 nitrogen and oxygen atoms in total. The summed E-state index contributed by atoms with van der Waals surface area (Å²) in [5, 5.41) is 10.6. The fraction of sp³-hybridized carbons (Fsp3) is 0.867. The van der Waals surface area contributed by atoms with Crippen molar-refractivity contribution in [1.29, 1.82) is 0 Å². The third-order valence-electron chi connectivity index (χ3n) is 4.12. The lowest BCUT2D eigenvalue weighted by Crippen LogP contribution is -2.48. The molecule has 1 heterocycles. The summed E-state index contributed by atoms with van der Waals surface area (Å²) in [6, 6.07) is 0.594. The predicted molar refractivity (Wildman–Crippen MR) is 79.0 cm³/mol. The summed E-state index contributed by atoms with van der Waals surface area (Å²) in [6.45, 7) is 3.96. The number of rotatable bonds is 3. The molecule has 0 spiro atoms. The molecule has 2 rings (SSSR count). The van der Waals surface area contributed by atoms with E-state index in [1.807, 2.05) is 11.8 Å². The number of nitrogens with zero attached hydrogens (tertiary/aromatic N) is 1. The smallest absolute Gasteiger partial charge is 0.475 e. The highest BCUT2D eigenvalue weighted by atomic mass is 19.4. The quantitative estimate of drug-likeness (QED) is 0.830. The van der Waals surface area contributed by atoms with Crippen molar-refractivity contribution in [2.75, 3.05) is 13.1 Å². The molecule has 1 amide bonds. The van der Waals surface area contributed by atoms with Gasteiger partial charge in [0.2, 0.25) is 5.91 Å². The maximum Gasteiger partial charge on any atom is 0.490 e. The summed E-state index contributed by atoms with van der Waals surface area (Å²) < 4.78 is 31.7. The van der Waals surface area contributed by atoms with Crippen molar-refractivity contribution >= 4 is 11.9 Å². The highest BCUT2D eigenvalue weighted by Gasteiger charge is 2.38. The number of carboxylic acid groups (broad SMARTS) is 1. The van der Waals surface area contributed by atoms with Crippen molar-refractivity contribution in [1.82, 2.24) is 10.2 Å². The van der Waals surface area contributed by atoms with Crippen molar-refractivity contribution in [2.24, 2.45) is 0 Å². The van der Waals surface area contributed by atoms with Crippen LogP contribution in [0.5, 0.6) is 0 Å². The summed E-state index contributed by atoms with van der Waals surface area (Å²) in [4.78, 5) is 23.0. The van der Waals surface area contributed by atoms with Crippen LogP contribution in [0.2, 0.25) is 0 Å². The highest BCUT2D eigenvalue weighted by Crippen LogP contribution is 2.18. The maximum atomic E-state index is 12.1. The molecule has 2 fully saturated rings. The molecule has 1 atom stereocenters. The summed E-state index contributed by atoms with van der Waals surface area (Å²) in [6.07, 6.45) is 3.79. The Morgan fingerprint density at radius 2 is 1.57 bits per heavy atom. The van der Waals surface area contributed by atoms with Crippen LogP contribution in [0, 0.1) is 0 Å². The number of hydrogen-bond acceptors (Lipinski definition) is 3. The molecule has 0 unspecified atom stereocenters. The van der Waals surface area contributed by atoms with E-state index in [1.54, 1.807) is 0 Å². The second-order valence-electron chi connectivity index (χ2n) is 6.06. The summed E-state index contributed by atoms with van der Waals surface area (Å²) in [5.74, 6) is -2.45. The molecule has 1 saturated carbocycles. The van der Waals surface area contributed by atoms with Gasteiger partial charge in [-0.2, -0.15) is 13.2 Å². The Morgan fingerprint density at radius 1 is 1.09 bits per heavy atom. The Balaban J connectivity index is 0.000000322. The minimum absolute atomic E-state index is 0.0150. The first-order chi connectivity index (χ1) is 10.7. The lowest BCUT2D eigenvalue weighted by atomic mass is 9.95. The van der Waals surface area contributed by atoms with Gasteiger partial charge in [-0.3, -0.25) is 4.79 Å². The molecule has 134 valence electrons. The van der Waals surface area contributed by atoms with Crippen LogP contribution in [0.25, 0.3) is 0 Å². The Labute approximate surface area is 134 Å². The minimum Gasteiger partial charge on any atom is -0.475 e. The largest absolute Gasteiger partial charge is 0.490 e. The molecule has 0 bridgehead atoms. The Hall–Kier alpha value is -1.31. The Bertz CT molecular complexity index is 390. The van der Waals surface area contributed by atoms with Gasteiger partial charge in [0, 0.05) is 19.1 Å². The van der Waals surface area contributed by atoms with Crippen molar-refractivity contribution < 1.29 is 27.9 Å². The fourth-order valence-electron chi connectivity index (χ4n) is 2.91. The molecule has 0 aromatic rings. The van der Waals surface area contributed by atoms with Gasteiger partial charge in [0.05, 0.1) is 6.04 Å². The Kier molecular flexibility index (Phi) is 7.81. The molecule has 0 aromatic carbocycles. The van der Waals surface area contributed by atoms with E-state index in [4.69, 9.17) is 9.90 Å². The zero-order valence-electron chi connectivity index (χ0n) is 13.4. The second kappa shape index (κ2) is 9.10. The normalized spacial score (nSPS) is 20.6. The number of alkyl halides is 3. The molecular formula is C15H25F3N2O3. The van der Waals surface area contributed by atoms with Crippen LogP contribution in [-0.2, 0) is 9.59 Å². The molecule has 8 heteroatoms. The van der Waals surface area contributed by atoms with Crippen LogP contribution in [0.15, 0.2) is 0 Å². The summed E-state index contributed by atoms with van der Waals surface area (Å²) in [7, 11) is 0. The molecule has 0 aromatic heterocycles. The Morgan fingerprint density at radius 3 is 2.00 bits per heavy atom. The average molecular weight is 338 g/mol. The first kappa shape index (κ1) is 19.7. The first-order valence-corrected chi connectivity index (χ1v) is 8.06. The van der Waals surface area contributed by atoms with E-state index >= 15 is 0 Å². The number of likely N-dealkylation sites (tertiary alicyclic amines) is 1. The van der Waals surface area contributed by atoms with E-state index in [1.165, 1.54) is 44.9 Å². The van der Waals surface area contributed by atoms with Crippen LogP contribution >= 0.6 is 0 Å². The van der Waals surface area contributed by atoms with Crippen LogP contribution in [0.4, 0.5) is 13.2 Å². The average Bonchev–Trinajstić information content (AvgIpc) is 3.01. The molecule has 1 saturated heterocycles. The third-order valence-corrected chi connectivity index (χ3v) is 4.12. The molecular weight excluding hydrogens is 313 g/mol. The number of aliphatic carboxylic acids is 1. The standard InChI is InChI=1S/C13H24N2O.C2HF3O2/c1-11(13(16)15-9-5-6-10-15)14-12-7-3-2-4-8-12;3-2(4,5)1(6)7/h11-12,14H,2-10H2,1H3;(H,6,7)/t11-;/m0./s1. The van der Waals surface area contributed by atoms with E-state index in [0.29, 0.717) is 11.9 Å². The first-order valence-electron chi connectivity index (χ1n) is 8.06. The number of halogens is 3. The van der Waals surface area contributed by atoms with E-state index in [2.05, 4.69) is 5.32 Å². The number of hydrogen-bond donors (Lipinski definition) is 2. The maximum absolute atomic E-state index is 12.1. The third kappa shape index (κ3) is 7.20. The molecule has 2 N–H and O–H groups in total. The fourth-order valence-corrected chi connectivity index (χ4v) is 2.91. The predicted octanol–water partition coefficient (Wildman–Crippen LogP) is 2.55. The number of nitrogens with one attached hydrogen (secondary N) is 1. The van der Waals surface area contributed by atoms with Crippen LogP contribution < -0.4 is 5.32 Å². The molecule has 2 aliphatic rings. The van der Waals surface area contributed by atoms with Gasteiger partial charge >= 0.3 is 12.1 Å². The zero-order chi connectivity index (χ0) is 17.5. The summed E-state index contributed by atoms with van der Waals surface area (Å²) >= 11 is 0. The van der Waals surface area contributed by atoms with Gasteiger partial charge in [0.1, 0.15) is 0 Å². The van der Waals surface area contributed by atoms with Crippen LogP contribution in [0.1, 0.15) is 51.9 Å². The number of carbonyl (C=O) groups is 2. The SMILES string of the molecule is C[C@H](NC1CCCCC1)C(=O)N1CCCC1.O=C(O)C(F)(F)F. The molecule has 1 aliphatic carbocycles. The topological polar surface area (TPSA) is 69.6 Å². The number of carboxylic acids is 1. The van der Waals surface area contributed by atoms with Crippen molar-refractivity contribution in [3.05, 3.63) is 0 Å². The number of carbonyl (C=O) groups excluding carboxylic acids is 1. The molecule has 1 aliphatic heterocycles. The van der Waals surface area contributed by atoms with Gasteiger partial charge in [0.15, 0.2) is 0 Å². The summed E-state index contributed by atoms with van der Waals surface area (Å²) in [5.41, 5.74) is 0. The van der Waals surface area contributed by atoms with E-state index in [0.717, 1.165) is 13.1 Å². The van der Waals surface area contributed by atoms with Crippen molar-refractivity contribution in [2.45, 2.75) is 70.1 Å². The monoisotopic (exact) mass is 338 g/mol. The van der Waals surface area contributed by atoms with Gasteiger partial charge < -0.3 is 15.3 Å². The zero-order valence-corrected chi connectivity index (χ0v) is 13.4. The molecule has 23 heavy (non-hydrogen) atoms. The van der Waals surface area contributed by atoms with Gasteiger partial charge in [0.25, 0.3) is 0 Å². The lowest BCUT2D eigenvalue weighted by molar-refractivity contribution is -0.192. The minimum atomic E-state index is -5.08.